The molecule has 21 heavy (non-hydrogen) atoms. The Hall–Kier alpha value is -2.66. The highest BCUT2D eigenvalue weighted by Crippen LogP contribution is 2.28. The van der Waals surface area contributed by atoms with Gasteiger partial charge in [0.25, 0.3) is 0 Å². The van der Waals surface area contributed by atoms with Crippen molar-refractivity contribution < 1.29 is 9.50 Å². The third-order valence-corrected chi connectivity index (χ3v) is 3.38. The second kappa shape index (κ2) is 5.38. The Kier molecular flexibility index (Phi) is 3.41. The van der Waals surface area contributed by atoms with E-state index in [1.165, 1.54) is 24.3 Å². The van der Waals surface area contributed by atoms with Crippen molar-refractivity contribution in [3.63, 3.8) is 0 Å². The normalized spacial score (nSPS) is 20.3. The third kappa shape index (κ3) is 2.64. The smallest absolute Gasteiger partial charge is 0.127 e. The highest BCUT2D eigenvalue weighted by Gasteiger charge is 2.17. The molecule has 1 aliphatic carbocycles. The topological polar surface area (TPSA) is 74.9 Å². The predicted octanol–water partition coefficient (Wildman–Crippen LogP) is 2.80. The lowest BCUT2D eigenvalue weighted by molar-refractivity contribution is 0.505. The minimum absolute atomic E-state index is 0.0489. The molecule has 4 nitrogen and oxygen atoms in total. The first kappa shape index (κ1) is 13.3. The van der Waals surface area contributed by atoms with Crippen molar-refractivity contribution in [2.24, 2.45) is 5.73 Å². The van der Waals surface area contributed by atoms with Gasteiger partial charge in [0.1, 0.15) is 11.6 Å². The van der Waals surface area contributed by atoms with Crippen LogP contribution < -0.4 is 5.73 Å². The number of halogens is 1. The zero-order valence-electron chi connectivity index (χ0n) is 11.1. The Balaban J connectivity index is 2.04. The summed E-state index contributed by atoms with van der Waals surface area (Å²) in [4.78, 5) is 0. The number of hydrogen-bond acceptors (Lipinski definition) is 3. The van der Waals surface area contributed by atoms with Crippen molar-refractivity contribution >= 4 is 11.3 Å². The quantitative estimate of drug-likeness (QED) is 0.742. The van der Waals surface area contributed by atoms with Crippen molar-refractivity contribution in [3.8, 4) is 0 Å². The van der Waals surface area contributed by atoms with Gasteiger partial charge in [-0.1, -0.05) is 12.2 Å². The first-order valence-corrected chi connectivity index (χ1v) is 6.49. The molecule has 1 aliphatic rings. The van der Waals surface area contributed by atoms with Crippen molar-refractivity contribution in [2.45, 2.75) is 6.04 Å². The van der Waals surface area contributed by atoms with E-state index in [1.54, 1.807) is 18.5 Å². The van der Waals surface area contributed by atoms with Gasteiger partial charge in [-0.15, -0.1) is 0 Å². The number of nitrogens with one attached hydrogen (secondary N) is 1. The van der Waals surface area contributed by atoms with Crippen LogP contribution in [0.1, 0.15) is 11.1 Å². The molecule has 1 aromatic heterocycles. The molecule has 0 saturated heterocycles. The molecule has 2 aromatic rings. The summed E-state index contributed by atoms with van der Waals surface area (Å²) >= 11 is 0. The second-order valence-electron chi connectivity index (χ2n) is 4.78. The molecule has 1 unspecified atom stereocenters. The van der Waals surface area contributed by atoms with Gasteiger partial charge in [-0.25, -0.2) is 4.39 Å². The molecule has 0 saturated carbocycles. The maximum atomic E-state index is 13.0. The number of benzene rings is 1. The van der Waals surface area contributed by atoms with Crippen molar-refractivity contribution in [1.82, 2.24) is 10.2 Å². The summed E-state index contributed by atoms with van der Waals surface area (Å²) in [7, 11) is 0. The SMILES string of the molecule is NC1C=CC(c2cn[nH]c2)=C/C1=C(/O)c1ccc(F)cc1. The van der Waals surface area contributed by atoms with E-state index in [1.807, 2.05) is 12.2 Å². The van der Waals surface area contributed by atoms with Gasteiger partial charge in [-0.3, -0.25) is 5.10 Å². The Labute approximate surface area is 121 Å². The Morgan fingerprint density at radius 2 is 2.05 bits per heavy atom. The molecule has 5 heteroatoms. The summed E-state index contributed by atoms with van der Waals surface area (Å²) in [5, 5.41) is 17.0. The molecule has 0 fully saturated rings. The maximum Gasteiger partial charge on any atom is 0.127 e. The average molecular weight is 283 g/mol. The number of H-pyrrole nitrogens is 1. The van der Waals surface area contributed by atoms with Gasteiger partial charge in [0.05, 0.1) is 12.2 Å². The average Bonchev–Trinajstić information content (AvgIpc) is 3.02. The van der Waals surface area contributed by atoms with E-state index in [4.69, 9.17) is 5.73 Å². The third-order valence-electron chi connectivity index (χ3n) is 3.38. The molecule has 4 N–H and O–H groups in total. The van der Waals surface area contributed by atoms with E-state index in [0.29, 0.717) is 11.1 Å². The number of nitrogens with two attached hydrogens (primary N) is 1. The summed E-state index contributed by atoms with van der Waals surface area (Å²) in [5.74, 6) is -0.299. The Morgan fingerprint density at radius 3 is 2.71 bits per heavy atom. The van der Waals surface area contributed by atoms with Crippen LogP contribution in [-0.2, 0) is 0 Å². The van der Waals surface area contributed by atoms with E-state index in [0.717, 1.165) is 11.1 Å². The minimum atomic E-state index is -0.411. The van der Waals surface area contributed by atoms with E-state index in [-0.39, 0.29) is 11.6 Å². The first-order valence-electron chi connectivity index (χ1n) is 6.49. The second-order valence-corrected chi connectivity index (χ2v) is 4.78. The molecule has 0 amide bonds. The van der Waals surface area contributed by atoms with Gasteiger partial charge in [-0.05, 0) is 35.9 Å². The van der Waals surface area contributed by atoms with Gasteiger partial charge in [0.15, 0.2) is 0 Å². The van der Waals surface area contributed by atoms with Gasteiger partial charge in [0.2, 0.25) is 0 Å². The number of aliphatic hydroxyl groups excluding tert-OH is 1. The monoisotopic (exact) mass is 283 g/mol. The molecule has 1 aromatic carbocycles. The number of allylic oxidation sites excluding steroid dienone is 2. The Morgan fingerprint density at radius 1 is 1.29 bits per heavy atom. The van der Waals surface area contributed by atoms with Crippen LogP contribution in [0.3, 0.4) is 0 Å². The molecular formula is C16H14FN3O. The number of hydrogen-bond donors (Lipinski definition) is 3. The molecule has 0 radical (unpaired) electrons. The highest BCUT2D eigenvalue weighted by atomic mass is 19.1. The predicted molar refractivity (Wildman–Crippen MR) is 79.6 cm³/mol. The van der Waals surface area contributed by atoms with Gasteiger partial charge >= 0.3 is 0 Å². The lowest BCUT2D eigenvalue weighted by Crippen LogP contribution is -2.22. The minimum Gasteiger partial charge on any atom is -0.507 e. The maximum absolute atomic E-state index is 13.0. The van der Waals surface area contributed by atoms with E-state index in [2.05, 4.69) is 10.2 Å². The summed E-state index contributed by atoms with van der Waals surface area (Å²) in [6.07, 6.45) is 8.96. The number of aliphatic hydroxyl groups is 1. The van der Waals surface area contributed by atoms with Crippen molar-refractivity contribution in [2.75, 3.05) is 0 Å². The summed E-state index contributed by atoms with van der Waals surface area (Å²) in [5.41, 5.74) is 8.93. The van der Waals surface area contributed by atoms with Crippen LogP contribution in [-0.4, -0.2) is 21.3 Å². The fourth-order valence-electron chi connectivity index (χ4n) is 2.21. The molecule has 106 valence electrons. The summed E-state index contributed by atoms with van der Waals surface area (Å²) in [6.45, 7) is 0. The van der Waals surface area contributed by atoms with E-state index in [9.17, 15) is 9.50 Å². The molecule has 1 atom stereocenters. The number of nitrogens with zero attached hydrogens (tertiary/aromatic N) is 1. The fraction of sp³-hybridized carbons (Fsp3) is 0.0625. The molecule has 3 rings (SSSR count). The zero-order chi connectivity index (χ0) is 14.8. The molecule has 0 bridgehead atoms. The van der Waals surface area contributed by atoms with Gasteiger partial charge < -0.3 is 10.8 Å². The Bertz CT molecular complexity index is 727. The van der Waals surface area contributed by atoms with Crippen LogP contribution >= 0.6 is 0 Å². The summed E-state index contributed by atoms with van der Waals surface area (Å²) in [6, 6.07) is 5.24. The fourth-order valence-corrected chi connectivity index (χ4v) is 2.21. The molecule has 0 spiro atoms. The molecular weight excluding hydrogens is 269 g/mol. The van der Waals surface area contributed by atoms with Crippen LogP contribution in [0, 0.1) is 5.82 Å². The van der Waals surface area contributed by atoms with Gasteiger partial charge in [-0.2, -0.15) is 5.10 Å². The number of aromatic amines is 1. The van der Waals surface area contributed by atoms with Crippen LogP contribution in [0.25, 0.3) is 11.3 Å². The standard InChI is InChI=1S/C16H14FN3O/c17-13-4-1-10(2-5-13)16(21)14-7-11(3-6-15(14)18)12-8-19-20-9-12/h1-9,15,21H,18H2,(H,19,20)/b16-14-. The van der Waals surface area contributed by atoms with Crippen LogP contribution in [0.4, 0.5) is 4.39 Å². The van der Waals surface area contributed by atoms with Gasteiger partial charge in [0, 0.05) is 22.9 Å². The number of aromatic nitrogens is 2. The van der Waals surface area contributed by atoms with Crippen LogP contribution in [0.15, 0.2) is 60.5 Å². The van der Waals surface area contributed by atoms with Crippen LogP contribution in [0.5, 0.6) is 0 Å². The van der Waals surface area contributed by atoms with E-state index >= 15 is 0 Å². The summed E-state index contributed by atoms with van der Waals surface area (Å²) < 4.78 is 13.0. The van der Waals surface area contributed by atoms with Crippen molar-refractivity contribution in [1.29, 1.82) is 0 Å². The lowest BCUT2D eigenvalue weighted by Gasteiger charge is -2.17. The highest BCUT2D eigenvalue weighted by molar-refractivity contribution is 5.81. The molecule has 1 heterocycles. The number of rotatable bonds is 2. The molecule has 0 aliphatic heterocycles. The zero-order valence-corrected chi connectivity index (χ0v) is 11.1. The lowest BCUT2D eigenvalue weighted by atomic mass is 9.92. The van der Waals surface area contributed by atoms with E-state index < -0.39 is 6.04 Å². The first-order chi connectivity index (χ1) is 10.1. The van der Waals surface area contributed by atoms with Crippen molar-refractivity contribution in [3.05, 3.63) is 77.4 Å². The largest absolute Gasteiger partial charge is 0.507 e. The van der Waals surface area contributed by atoms with Crippen LogP contribution in [0.2, 0.25) is 0 Å².